The van der Waals surface area contributed by atoms with Crippen molar-refractivity contribution in [3.63, 3.8) is 0 Å². The third-order valence-corrected chi connectivity index (χ3v) is 5.03. The quantitative estimate of drug-likeness (QED) is 0.545. The molecule has 1 aliphatic rings. The first-order valence-corrected chi connectivity index (χ1v) is 9.89. The molecule has 170 valence electrons. The standard InChI is InChI=1S/C21H22F2N4O5/c22-21(23)8-13(9-24)27(12-21)19(30)10-26-20(31)16-3-5-25-18-2-1-15(7-17(16)18)32-6-4-14(29)11-28/h1-3,5,7,13-14,28-29H,4,6,8,10-12H2,(H,26,31)/t13-,14?/m0/s1. The molecule has 1 aromatic carbocycles. The van der Waals surface area contributed by atoms with Crippen LogP contribution in [0, 0.1) is 11.3 Å². The summed E-state index contributed by atoms with van der Waals surface area (Å²) in [5.41, 5.74) is 0.697. The Kier molecular flexibility index (Phi) is 7.17. The maximum Gasteiger partial charge on any atom is 0.268 e. The van der Waals surface area contributed by atoms with Gasteiger partial charge in [-0.1, -0.05) is 0 Å². The lowest BCUT2D eigenvalue weighted by Gasteiger charge is -2.19. The summed E-state index contributed by atoms with van der Waals surface area (Å²) in [6, 6.07) is 6.76. The summed E-state index contributed by atoms with van der Waals surface area (Å²) < 4.78 is 32.6. The van der Waals surface area contributed by atoms with Gasteiger partial charge in [-0.3, -0.25) is 14.6 Å². The largest absolute Gasteiger partial charge is 0.493 e. The minimum atomic E-state index is -3.13. The number of aromatic nitrogens is 1. The molecule has 1 aromatic heterocycles. The molecule has 0 saturated carbocycles. The molecule has 1 saturated heterocycles. The van der Waals surface area contributed by atoms with Crippen molar-refractivity contribution in [3.8, 4) is 11.8 Å². The van der Waals surface area contributed by atoms with E-state index in [0.29, 0.717) is 16.7 Å². The van der Waals surface area contributed by atoms with Crippen molar-refractivity contribution in [2.75, 3.05) is 26.3 Å². The van der Waals surface area contributed by atoms with Crippen LogP contribution < -0.4 is 10.1 Å². The van der Waals surface area contributed by atoms with Gasteiger partial charge in [0.25, 0.3) is 11.8 Å². The lowest BCUT2D eigenvalue weighted by Crippen LogP contribution is -2.43. The summed E-state index contributed by atoms with van der Waals surface area (Å²) in [5.74, 6) is -4.10. The smallest absolute Gasteiger partial charge is 0.268 e. The second-order valence-corrected chi connectivity index (χ2v) is 7.42. The molecule has 9 nitrogen and oxygen atoms in total. The number of amides is 2. The number of ether oxygens (including phenoxy) is 1. The minimum absolute atomic E-state index is 0.143. The number of aliphatic hydroxyl groups excluding tert-OH is 2. The molecule has 2 atom stereocenters. The summed E-state index contributed by atoms with van der Waals surface area (Å²) in [4.78, 5) is 30.0. The number of nitriles is 1. The highest BCUT2D eigenvalue weighted by atomic mass is 19.3. The van der Waals surface area contributed by atoms with Gasteiger partial charge in [0, 0.05) is 24.4 Å². The number of hydrogen-bond donors (Lipinski definition) is 3. The van der Waals surface area contributed by atoms with Crippen molar-refractivity contribution in [2.24, 2.45) is 0 Å². The van der Waals surface area contributed by atoms with Crippen molar-refractivity contribution < 1.29 is 33.3 Å². The molecule has 3 N–H and O–H groups in total. The van der Waals surface area contributed by atoms with E-state index < -0.39 is 49.4 Å². The molecule has 0 aliphatic carbocycles. The van der Waals surface area contributed by atoms with Crippen molar-refractivity contribution in [3.05, 3.63) is 36.0 Å². The molecule has 11 heteroatoms. The maximum atomic E-state index is 13.5. The third-order valence-electron chi connectivity index (χ3n) is 5.03. The summed E-state index contributed by atoms with van der Waals surface area (Å²) in [5, 5.41) is 30.1. The van der Waals surface area contributed by atoms with E-state index in [4.69, 9.17) is 15.1 Å². The van der Waals surface area contributed by atoms with Gasteiger partial charge in [-0.25, -0.2) is 8.78 Å². The van der Waals surface area contributed by atoms with Crippen molar-refractivity contribution in [1.82, 2.24) is 15.2 Å². The topological polar surface area (TPSA) is 136 Å². The number of carbonyl (C=O) groups is 2. The lowest BCUT2D eigenvalue weighted by atomic mass is 10.1. The van der Waals surface area contributed by atoms with Crippen LogP contribution in [0.15, 0.2) is 30.5 Å². The molecule has 1 fully saturated rings. The maximum absolute atomic E-state index is 13.5. The predicted molar refractivity (Wildman–Crippen MR) is 108 cm³/mol. The van der Waals surface area contributed by atoms with E-state index in [2.05, 4.69) is 10.3 Å². The predicted octanol–water partition coefficient (Wildman–Crippen LogP) is 0.846. The number of carbonyl (C=O) groups excluding carboxylic acids is 2. The SMILES string of the molecule is N#C[C@@H]1CC(F)(F)CN1C(=O)CNC(=O)c1ccnc2ccc(OCCC(O)CO)cc12. The van der Waals surface area contributed by atoms with E-state index in [9.17, 15) is 23.5 Å². The lowest BCUT2D eigenvalue weighted by molar-refractivity contribution is -0.131. The molecule has 0 spiro atoms. The molecule has 1 aliphatic heterocycles. The number of likely N-dealkylation sites (tertiary alicyclic amines) is 1. The highest BCUT2D eigenvalue weighted by molar-refractivity contribution is 6.07. The third kappa shape index (κ3) is 5.46. The fraction of sp³-hybridized carbons (Fsp3) is 0.429. The van der Waals surface area contributed by atoms with Crippen LogP contribution in [0.2, 0.25) is 0 Å². The van der Waals surface area contributed by atoms with Crippen LogP contribution in [0.1, 0.15) is 23.2 Å². The van der Waals surface area contributed by atoms with Gasteiger partial charge >= 0.3 is 0 Å². The average molecular weight is 448 g/mol. The number of benzene rings is 1. The van der Waals surface area contributed by atoms with Crippen molar-refractivity contribution >= 4 is 22.7 Å². The second-order valence-electron chi connectivity index (χ2n) is 7.42. The van der Waals surface area contributed by atoms with E-state index >= 15 is 0 Å². The number of hydrogen-bond acceptors (Lipinski definition) is 7. The van der Waals surface area contributed by atoms with Gasteiger partial charge in [0.1, 0.15) is 11.8 Å². The van der Waals surface area contributed by atoms with Crippen LogP contribution in [0.3, 0.4) is 0 Å². The number of pyridine rings is 1. The highest BCUT2D eigenvalue weighted by Crippen LogP contribution is 2.31. The molecule has 2 heterocycles. The van der Waals surface area contributed by atoms with Gasteiger partial charge in [-0.05, 0) is 24.3 Å². The van der Waals surface area contributed by atoms with Gasteiger partial charge in [-0.15, -0.1) is 0 Å². The number of halogens is 2. The Morgan fingerprint density at radius 3 is 2.91 bits per heavy atom. The van der Waals surface area contributed by atoms with Crippen LogP contribution in [0.25, 0.3) is 10.9 Å². The molecule has 1 unspecified atom stereocenters. The number of rotatable bonds is 8. The van der Waals surface area contributed by atoms with Crippen LogP contribution >= 0.6 is 0 Å². The Bertz CT molecular complexity index is 1040. The zero-order valence-electron chi connectivity index (χ0n) is 17.0. The number of nitrogens with zero attached hydrogens (tertiary/aromatic N) is 3. The average Bonchev–Trinajstić information content (AvgIpc) is 3.11. The van der Waals surface area contributed by atoms with E-state index in [-0.39, 0.29) is 25.2 Å². The highest BCUT2D eigenvalue weighted by Gasteiger charge is 2.47. The molecular formula is C21H22F2N4O5. The molecule has 0 radical (unpaired) electrons. The second kappa shape index (κ2) is 9.84. The molecule has 3 rings (SSSR count). The van der Waals surface area contributed by atoms with Crippen LogP contribution in [-0.4, -0.2) is 76.3 Å². The Labute approximate surface area is 182 Å². The van der Waals surface area contributed by atoms with Gasteiger partial charge in [0.05, 0.1) is 49.6 Å². The minimum Gasteiger partial charge on any atom is -0.493 e. The first-order valence-electron chi connectivity index (χ1n) is 9.89. The fourth-order valence-electron chi connectivity index (χ4n) is 3.36. The Balaban J connectivity index is 1.68. The van der Waals surface area contributed by atoms with Gasteiger partial charge in [0.2, 0.25) is 5.91 Å². The van der Waals surface area contributed by atoms with Crippen molar-refractivity contribution in [2.45, 2.75) is 30.9 Å². The monoisotopic (exact) mass is 448 g/mol. The Morgan fingerprint density at radius 1 is 1.41 bits per heavy atom. The normalized spacial score (nSPS) is 18.2. The summed E-state index contributed by atoms with van der Waals surface area (Å²) in [7, 11) is 0. The molecule has 0 bridgehead atoms. The first kappa shape index (κ1) is 23.3. The molecular weight excluding hydrogens is 426 g/mol. The van der Waals surface area contributed by atoms with E-state index in [1.165, 1.54) is 12.3 Å². The number of aliphatic hydroxyl groups is 2. The Hall–Kier alpha value is -3.36. The molecule has 2 amide bonds. The van der Waals surface area contributed by atoms with E-state index in [1.807, 2.05) is 0 Å². The van der Waals surface area contributed by atoms with Crippen LogP contribution in [-0.2, 0) is 4.79 Å². The zero-order valence-corrected chi connectivity index (χ0v) is 17.0. The number of fused-ring (bicyclic) bond motifs is 1. The summed E-state index contributed by atoms with van der Waals surface area (Å²) in [6.07, 6.45) is 0.0171. The van der Waals surface area contributed by atoms with Crippen LogP contribution in [0.5, 0.6) is 5.75 Å². The molecule has 2 aromatic rings. The van der Waals surface area contributed by atoms with E-state index in [1.54, 1.807) is 24.3 Å². The first-order chi connectivity index (χ1) is 15.2. The van der Waals surface area contributed by atoms with Gasteiger partial charge < -0.3 is 25.2 Å². The molecule has 32 heavy (non-hydrogen) atoms. The zero-order chi connectivity index (χ0) is 23.3. The van der Waals surface area contributed by atoms with Gasteiger partial charge in [0.15, 0.2) is 0 Å². The van der Waals surface area contributed by atoms with Crippen LogP contribution in [0.4, 0.5) is 8.78 Å². The fourth-order valence-corrected chi connectivity index (χ4v) is 3.36. The summed E-state index contributed by atoms with van der Waals surface area (Å²) in [6.45, 7) is -1.63. The summed E-state index contributed by atoms with van der Waals surface area (Å²) >= 11 is 0. The Morgan fingerprint density at radius 2 is 2.19 bits per heavy atom. The van der Waals surface area contributed by atoms with E-state index in [0.717, 1.165) is 4.90 Å². The number of alkyl halides is 2. The van der Waals surface area contributed by atoms with Crippen molar-refractivity contribution in [1.29, 1.82) is 5.26 Å². The number of nitrogens with one attached hydrogen (secondary N) is 1. The van der Waals surface area contributed by atoms with Gasteiger partial charge in [-0.2, -0.15) is 5.26 Å².